The van der Waals surface area contributed by atoms with Gasteiger partial charge in [-0.05, 0) is 36.4 Å². The van der Waals surface area contributed by atoms with Crippen molar-refractivity contribution < 1.29 is 14.3 Å². The number of nitrogens with two attached hydrogens (primary N) is 1. The molecule has 0 saturated carbocycles. The molecule has 4 aromatic rings. The van der Waals surface area contributed by atoms with Gasteiger partial charge in [-0.3, -0.25) is 4.79 Å². The van der Waals surface area contributed by atoms with E-state index in [4.69, 9.17) is 20.2 Å². The molecule has 0 unspecified atom stereocenters. The van der Waals surface area contributed by atoms with Crippen LogP contribution in [0.2, 0.25) is 0 Å². The Kier molecular flexibility index (Phi) is 5.22. The van der Waals surface area contributed by atoms with Gasteiger partial charge in [0.05, 0.1) is 31.1 Å². The van der Waals surface area contributed by atoms with Crippen LogP contribution in [0.3, 0.4) is 0 Å². The van der Waals surface area contributed by atoms with Crippen molar-refractivity contribution in [3.63, 3.8) is 0 Å². The monoisotopic (exact) mass is 448 g/mol. The van der Waals surface area contributed by atoms with Gasteiger partial charge in [0, 0.05) is 37.0 Å². The number of nitrogens with zero attached hydrogens (tertiary/aromatic N) is 3. The van der Waals surface area contributed by atoms with Crippen molar-refractivity contribution in [3.05, 3.63) is 53.4 Å². The first-order valence-electron chi connectivity index (χ1n) is 10.4. The zero-order valence-electron chi connectivity index (χ0n) is 18.0. The van der Waals surface area contributed by atoms with Crippen LogP contribution < -0.4 is 20.1 Å². The van der Waals surface area contributed by atoms with Gasteiger partial charge >= 0.3 is 0 Å². The summed E-state index contributed by atoms with van der Waals surface area (Å²) < 4.78 is 10.8. The van der Waals surface area contributed by atoms with Crippen LogP contribution in [-0.2, 0) is 0 Å². The van der Waals surface area contributed by atoms with Crippen LogP contribution in [0.5, 0.6) is 11.5 Å². The van der Waals surface area contributed by atoms with E-state index in [2.05, 4.69) is 4.90 Å². The molecule has 0 spiro atoms. The lowest BCUT2D eigenvalue weighted by Crippen LogP contribution is -2.48. The van der Waals surface area contributed by atoms with E-state index in [1.807, 2.05) is 53.4 Å². The van der Waals surface area contributed by atoms with Crippen LogP contribution in [0, 0.1) is 0 Å². The fraction of sp³-hybridized carbons (Fsp3) is 0.250. The van der Waals surface area contributed by atoms with Crippen molar-refractivity contribution >= 4 is 49.7 Å². The number of anilines is 2. The predicted molar refractivity (Wildman–Crippen MR) is 129 cm³/mol. The second-order valence-electron chi connectivity index (χ2n) is 7.70. The van der Waals surface area contributed by atoms with Crippen LogP contribution in [0.1, 0.15) is 9.67 Å². The highest BCUT2D eigenvalue weighted by Gasteiger charge is 2.27. The molecule has 2 N–H and O–H groups in total. The molecule has 0 atom stereocenters. The molecule has 1 aliphatic heterocycles. The number of para-hydroxylation sites is 2. The first-order valence-corrected chi connectivity index (χ1v) is 11.2. The molecule has 1 aliphatic rings. The van der Waals surface area contributed by atoms with Gasteiger partial charge in [-0.2, -0.15) is 0 Å². The summed E-state index contributed by atoms with van der Waals surface area (Å²) in [6.45, 7) is 2.71. The number of pyridine rings is 1. The first-order chi connectivity index (χ1) is 15.6. The lowest BCUT2D eigenvalue weighted by atomic mass is 10.1. The third kappa shape index (κ3) is 3.46. The van der Waals surface area contributed by atoms with Crippen LogP contribution in [0.4, 0.5) is 11.4 Å². The second-order valence-corrected chi connectivity index (χ2v) is 8.69. The number of amides is 1. The highest BCUT2D eigenvalue weighted by Crippen LogP contribution is 2.36. The van der Waals surface area contributed by atoms with Gasteiger partial charge in [0.25, 0.3) is 5.91 Å². The number of ether oxygens (including phenoxy) is 2. The molecule has 7 nitrogen and oxygen atoms in total. The number of hydrogen-bond donors (Lipinski definition) is 1. The molecule has 5 rings (SSSR count). The second kappa shape index (κ2) is 8.20. The Morgan fingerprint density at radius 2 is 1.81 bits per heavy atom. The first kappa shape index (κ1) is 20.4. The summed E-state index contributed by atoms with van der Waals surface area (Å²) in [4.78, 5) is 23.5. The minimum absolute atomic E-state index is 0.0354. The molecule has 3 heterocycles. The maximum Gasteiger partial charge on any atom is 0.266 e. The molecule has 8 heteroatoms. The largest absolute Gasteiger partial charge is 0.497 e. The Balaban J connectivity index is 1.39. The number of benzene rings is 2. The van der Waals surface area contributed by atoms with Crippen molar-refractivity contribution in [2.24, 2.45) is 0 Å². The van der Waals surface area contributed by atoms with Gasteiger partial charge in [0.15, 0.2) is 0 Å². The zero-order chi connectivity index (χ0) is 22.2. The Morgan fingerprint density at radius 3 is 2.56 bits per heavy atom. The van der Waals surface area contributed by atoms with Crippen molar-refractivity contribution in [2.75, 3.05) is 51.0 Å². The van der Waals surface area contributed by atoms with Crippen LogP contribution in [0.25, 0.3) is 21.1 Å². The molecule has 0 radical (unpaired) electrons. The van der Waals surface area contributed by atoms with E-state index in [9.17, 15) is 4.79 Å². The minimum atomic E-state index is -0.0354. The highest BCUT2D eigenvalue weighted by molar-refractivity contribution is 7.21. The summed E-state index contributed by atoms with van der Waals surface area (Å²) in [5.74, 6) is 1.57. The Morgan fingerprint density at radius 1 is 1.03 bits per heavy atom. The van der Waals surface area contributed by atoms with E-state index in [1.54, 1.807) is 14.2 Å². The minimum Gasteiger partial charge on any atom is -0.497 e. The van der Waals surface area contributed by atoms with Crippen molar-refractivity contribution in [3.8, 4) is 11.5 Å². The fourth-order valence-electron chi connectivity index (χ4n) is 4.15. The van der Waals surface area contributed by atoms with Gasteiger partial charge in [-0.1, -0.05) is 12.1 Å². The normalized spacial score (nSPS) is 14.2. The van der Waals surface area contributed by atoms with Gasteiger partial charge in [0.1, 0.15) is 21.2 Å². The van der Waals surface area contributed by atoms with E-state index >= 15 is 0 Å². The molecular formula is C24H24N4O3S. The number of piperazine rings is 1. The molecule has 1 amide bonds. The summed E-state index contributed by atoms with van der Waals surface area (Å²) in [5, 5.41) is 1.75. The number of carbonyl (C=O) groups excluding carboxylic acids is 1. The highest BCUT2D eigenvalue weighted by atomic mass is 32.1. The molecule has 32 heavy (non-hydrogen) atoms. The molecule has 0 aliphatic carbocycles. The number of hydrogen-bond acceptors (Lipinski definition) is 7. The smallest absolute Gasteiger partial charge is 0.266 e. The predicted octanol–water partition coefficient (Wildman–Crippen LogP) is 4.01. The average Bonchev–Trinajstić information content (AvgIpc) is 3.17. The molecule has 164 valence electrons. The van der Waals surface area contributed by atoms with E-state index in [0.29, 0.717) is 23.7 Å². The third-order valence-corrected chi connectivity index (χ3v) is 7.01. The fourth-order valence-corrected chi connectivity index (χ4v) is 5.21. The average molecular weight is 449 g/mol. The molecule has 1 fully saturated rings. The summed E-state index contributed by atoms with van der Waals surface area (Å²) >= 11 is 1.36. The third-order valence-electron chi connectivity index (χ3n) is 5.91. The summed E-state index contributed by atoms with van der Waals surface area (Å²) in [6.07, 6.45) is 0. The van der Waals surface area contributed by atoms with Crippen molar-refractivity contribution in [1.29, 1.82) is 0 Å². The van der Waals surface area contributed by atoms with E-state index in [-0.39, 0.29) is 5.91 Å². The van der Waals surface area contributed by atoms with Crippen LogP contribution in [0.15, 0.2) is 48.5 Å². The number of carbonyl (C=O) groups is 1. The SMILES string of the molecule is COc1ccc2nc3sc(C(=O)N4CCN(c5ccccc5OC)CC4)c(N)c3cc2c1. The van der Waals surface area contributed by atoms with Gasteiger partial charge in [-0.25, -0.2) is 4.98 Å². The van der Waals surface area contributed by atoms with E-state index in [0.717, 1.165) is 51.4 Å². The standard InChI is InChI=1S/C24H24N4O3S/c1-30-16-7-8-18-15(13-16)14-17-21(25)22(32-23(17)26-18)24(29)28-11-9-27(10-12-28)19-5-3-4-6-20(19)31-2/h3-8,13-14H,9-12,25H2,1-2H3. The lowest BCUT2D eigenvalue weighted by molar-refractivity contribution is 0.0752. The summed E-state index contributed by atoms with van der Waals surface area (Å²) in [5.41, 5.74) is 8.83. The number of methoxy groups -OCH3 is 2. The molecule has 1 saturated heterocycles. The van der Waals surface area contributed by atoms with Gasteiger partial charge in [-0.15, -0.1) is 11.3 Å². The Bertz CT molecular complexity index is 1310. The van der Waals surface area contributed by atoms with Crippen LogP contribution >= 0.6 is 11.3 Å². The van der Waals surface area contributed by atoms with Crippen molar-refractivity contribution in [1.82, 2.24) is 9.88 Å². The topological polar surface area (TPSA) is 80.9 Å². The summed E-state index contributed by atoms with van der Waals surface area (Å²) in [7, 11) is 3.31. The van der Waals surface area contributed by atoms with Gasteiger partial charge in [0.2, 0.25) is 0 Å². The lowest BCUT2D eigenvalue weighted by Gasteiger charge is -2.36. The van der Waals surface area contributed by atoms with Gasteiger partial charge < -0.3 is 25.0 Å². The Hall–Kier alpha value is -3.52. The van der Waals surface area contributed by atoms with E-state index in [1.165, 1.54) is 11.3 Å². The van der Waals surface area contributed by atoms with Crippen LogP contribution in [-0.4, -0.2) is 56.2 Å². The maximum atomic E-state index is 13.3. The molecule has 2 aromatic heterocycles. The number of rotatable bonds is 4. The number of fused-ring (bicyclic) bond motifs is 2. The Labute approximate surface area is 190 Å². The number of nitrogen functional groups attached to an aromatic ring is 1. The molecular weight excluding hydrogens is 424 g/mol. The quantitative estimate of drug-likeness (QED) is 0.508. The molecule has 0 bridgehead atoms. The van der Waals surface area contributed by atoms with Crippen molar-refractivity contribution in [2.45, 2.75) is 0 Å². The number of aromatic nitrogens is 1. The van der Waals surface area contributed by atoms with E-state index < -0.39 is 0 Å². The number of thiophene rings is 1. The molecule has 2 aromatic carbocycles. The maximum absolute atomic E-state index is 13.3. The zero-order valence-corrected chi connectivity index (χ0v) is 18.8. The summed E-state index contributed by atoms with van der Waals surface area (Å²) in [6, 6.07) is 15.7.